The lowest BCUT2D eigenvalue weighted by Gasteiger charge is -2.04. The highest BCUT2D eigenvalue weighted by Crippen LogP contribution is 2.11. The monoisotopic (exact) mass is 260 g/mol. The van der Waals surface area contributed by atoms with Crippen LogP contribution in [0.15, 0.2) is 24.3 Å². The van der Waals surface area contributed by atoms with E-state index in [9.17, 15) is 9.18 Å². The first kappa shape index (κ1) is 13.5. The number of hydrogen-bond donors (Lipinski definition) is 0. The van der Waals surface area contributed by atoms with E-state index in [2.05, 4.69) is 5.10 Å². The molecule has 19 heavy (non-hydrogen) atoms. The second kappa shape index (κ2) is 5.34. The summed E-state index contributed by atoms with van der Waals surface area (Å²) in [4.78, 5) is 12.0. The molecule has 1 aromatic carbocycles. The van der Waals surface area contributed by atoms with Gasteiger partial charge in [-0.15, -0.1) is 0 Å². The van der Waals surface area contributed by atoms with Crippen LogP contribution in [-0.2, 0) is 17.8 Å². The van der Waals surface area contributed by atoms with Crippen LogP contribution >= 0.6 is 0 Å². The van der Waals surface area contributed by atoms with E-state index >= 15 is 0 Å². The predicted molar refractivity (Wildman–Crippen MR) is 71.5 cm³/mol. The van der Waals surface area contributed by atoms with Crippen molar-refractivity contribution in [2.45, 2.75) is 33.7 Å². The maximum Gasteiger partial charge on any atom is 0.158 e. The summed E-state index contributed by atoms with van der Waals surface area (Å²) in [5.74, 6) is -0.220. The van der Waals surface area contributed by atoms with Gasteiger partial charge in [0.1, 0.15) is 12.4 Å². The molecule has 2 rings (SSSR count). The summed E-state index contributed by atoms with van der Waals surface area (Å²) < 4.78 is 14.5. The van der Waals surface area contributed by atoms with Gasteiger partial charge in [-0.3, -0.25) is 9.48 Å². The minimum Gasteiger partial charge on any atom is -0.297 e. The van der Waals surface area contributed by atoms with Gasteiger partial charge < -0.3 is 0 Å². The smallest absolute Gasteiger partial charge is 0.158 e. The largest absolute Gasteiger partial charge is 0.297 e. The zero-order valence-corrected chi connectivity index (χ0v) is 11.4. The van der Waals surface area contributed by atoms with Crippen molar-refractivity contribution < 1.29 is 9.18 Å². The number of carbonyl (C=O) groups is 1. The van der Waals surface area contributed by atoms with Gasteiger partial charge >= 0.3 is 0 Å². The number of nitrogens with zero attached hydrogens (tertiary/aromatic N) is 2. The molecule has 4 heteroatoms. The fourth-order valence-corrected chi connectivity index (χ4v) is 1.99. The number of carbonyl (C=O) groups excluding carboxylic acids is 1. The fraction of sp³-hybridized carbons (Fsp3) is 0.333. The highest BCUT2D eigenvalue weighted by molar-refractivity contribution is 5.80. The van der Waals surface area contributed by atoms with Gasteiger partial charge in [0.15, 0.2) is 5.78 Å². The Labute approximate surface area is 112 Å². The first-order chi connectivity index (χ1) is 8.97. The van der Waals surface area contributed by atoms with Crippen LogP contribution < -0.4 is 0 Å². The minimum absolute atomic E-state index is 0.0669. The SMILES string of the molecule is Cc1nn(CC(=O)Cc2ccc(F)cc2)c(C)c1C. The molecule has 0 fully saturated rings. The van der Waals surface area contributed by atoms with Crippen molar-refractivity contribution in [3.8, 4) is 0 Å². The Morgan fingerprint density at radius 3 is 2.37 bits per heavy atom. The summed E-state index contributed by atoms with van der Waals surface area (Å²) in [7, 11) is 0. The molecule has 0 unspecified atom stereocenters. The summed E-state index contributed by atoms with van der Waals surface area (Å²) >= 11 is 0. The summed E-state index contributed by atoms with van der Waals surface area (Å²) in [5.41, 5.74) is 3.91. The highest BCUT2D eigenvalue weighted by Gasteiger charge is 2.11. The normalized spacial score (nSPS) is 10.7. The number of hydrogen-bond acceptors (Lipinski definition) is 2. The van der Waals surface area contributed by atoms with Crippen LogP contribution in [0.1, 0.15) is 22.5 Å². The second-order valence-electron chi connectivity index (χ2n) is 4.80. The summed E-state index contributed by atoms with van der Waals surface area (Å²) in [6, 6.07) is 6.02. The summed E-state index contributed by atoms with van der Waals surface area (Å²) in [6.45, 7) is 6.15. The predicted octanol–water partition coefficient (Wildman–Crippen LogP) is 2.76. The molecule has 2 aromatic rings. The molecule has 1 heterocycles. The average Bonchev–Trinajstić information content (AvgIpc) is 2.60. The van der Waals surface area contributed by atoms with Gasteiger partial charge in [-0.1, -0.05) is 12.1 Å². The maximum atomic E-state index is 12.8. The molecule has 100 valence electrons. The number of aryl methyl sites for hydroxylation is 1. The zero-order chi connectivity index (χ0) is 14.0. The van der Waals surface area contributed by atoms with Crippen LogP contribution in [-0.4, -0.2) is 15.6 Å². The van der Waals surface area contributed by atoms with E-state index in [1.54, 1.807) is 16.8 Å². The number of rotatable bonds is 4. The van der Waals surface area contributed by atoms with Gasteiger partial charge in [-0.25, -0.2) is 4.39 Å². The van der Waals surface area contributed by atoms with Crippen LogP contribution in [0.2, 0.25) is 0 Å². The van der Waals surface area contributed by atoms with Gasteiger partial charge in [0.05, 0.1) is 5.69 Å². The molecule has 0 saturated carbocycles. The van der Waals surface area contributed by atoms with Crippen molar-refractivity contribution >= 4 is 5.78 Å². The third-order valence-electron chi connectivity index (χ3n) is 3.38. The quantitative estimate of drug-likeness (QED) is 0.847. The molecule has 0 spiro atoms. The lowest BCUT2D eigenvalue weighted by molar-refractivity contribution is -0.119. The van der Waals surface area contributed by atoms with E-state index in [-0.39, 0.29) is 18.1 Å². The molecule has 0 aliphatic heterocycles. The van der Waals surface area contributed by atoms with Gasteiger partial charge in [-0.05, 0) is 44.0 Å². The van der Waals surface area contributed by atoms with E-state index in [4.69, 9.17) is 0 Å². The first-order valence-corrected chi connectivity index (χ1v) is 6.24. The van der Waals surface area contributed by atoms with E-state index < -0.39 is 0 Å². The van der Waals surface area contributed by atoms with E-state index in [1.807, 2.05) is 20.8 Å². The van der Waals surface area contributed by atoms with Crippen molar-refractivity contribution in [1.29, 1.82) is 0 Å². The molecule has 1 aromatic heterocycles. The molecule has 0 saturated heterocycles. The van der Waals surface area contributed by atoms with Crippen molar-refractivity contribution in [2.75, 3.05) is 0 Å². The molecule has 0 amide bonds. The third-order valence-corrected chi connectivity index (χ3v) is 3.38. The molecular weight excluding hydrogens is 243 g/mol. The first-order valence-electron chi connectivity index (χ1n) is 6.24. The molecular formula is C15H17FN2O. The van der Waals surface area contributed by atoms with Gasteiger partial charge in [-0.2, -0.15) is 5.10 Å². The van der Waals surface area contributed by atoms with Crippen molar-refractivity contribution in [2.24, 2.45) is 0 Å². The highest BCUT2D eigenvalue weighted by atomic mass is 19.1. The Hall–Kier alpha value is -1.97. The Kier molecular flexibility index (Phi) is 3.79. The van der Waals surface area contributed by atoms with Crippen LogP contribution in [0.5, 0.6) is 0 Å². The summed E-state index contributed by atoms with van der Waals surface area (Å²) in [5, 5.41) is 4.34. The van der Waals surface area contributed by atoms with Crippen LogP contribution in [0.3, 0.4) is 0 Å². The number of aromatic nitrogens is 2. The van der Waals surface area contributed by atoms with E-state index in [0.717, 1.165) is 22.5 Å². The molecule has 0 atom stereocenters. The molecule has 0 aliphatic carbocycles. The number of Topliss-reactive ketones (excluding diaryl/α,β-unsaturated/α-hetero) is 1. The number of benzene rings is 1. The van der Waals surface area contributed by atoms with Crippen molar-refractivity contribution in [3.05, 3.63) is 52.6 Å². The van der Waals surface area contributed by atoms with Crippen LogP contribution in [0, 0.1) is 26.6 Å². The average molecular weight is 260 g/mol. The fourth-order valence-electron chi connectivity index (χ4n) is 1.99. The standard InChI is InChI=1S/C15H17FN2O/c1-10-11(2)17-18(12(10)3)9-15(19)8-13-4-6-14(16)7-5-13/h4-7H,8-9H2,1-3H3. The minimum atomic E-state index is -0.287. The lowest BCUT2D eigenvalue weighted by atomic mass is 10.1. The molecule has 3 nitrogen and oxygen atoms in total. The van der Waals surface area contributed by atoms with Gasteiger partial charge in [0.25, 0.3) is 0 Å². The maximum absolute atomic E-state index is 12.8. The zero-order valence-electron chi connectivity index (χ0n) is 11.4. The second-order valence-corrected chi connectivity index (χ2v) is 4.80. The Balaban J connectivity index is 2.05. The van der Waals surface area contributed by atoms with Crippen molar-refractivity contribution in [1.82, 2.24) is 9.78 Å². The third kappa shape index (κ3) is 3.08. The Morgan fingerprint density at radius 1 is 1.21 bits per heavy atom. The van der Waals surface area contributed by atoms with Gasteiger partial charge in [0, 0.05) is 12.1 Å². The summed E-state index contributed by atoms with van der Waals surface area (Å²) in [6.07, 6.45) is 0.303. The molecule has 0 N–H and O–H groups in total. The Morgan fingerprint density at radius 2 is 1.84 bits per heavy atom. The van der Waals surface area contributed by atoms with Crippen LogP contribution in [0.25, 0.3) is 0 Å². The number of ketones is 1. The van der Waals surface area contributed by atoms with Crippen molar-refractivity contribution in [3.63, 3.8) is 0 Å². The molecule has 0 aliphatic rings. The molecule has 0 radical (unpaired) electrons. The number of halogens is 1. The lowest BCUT2D eigenvalue weighted by Crippen LogP contribution is -2.15. The van der Waals surface area contributed by atoms with E-state index in [0.29, 0.717) is 6.42 Å². The Bertz CT molecular complexity index is 599. The van der Waals surface area contributed by atoms with E-state index in [1.165, 1.54) is 12.1 Å². The van der Waals surface area contributed by atoms with Crippen LogP contribution in [0.4, 0.5) is 4.39 Å². The van der Waals surface area contributed by atoms with Gasteiger partial charge in [0.2, 0.25) is 0 Å². The molecule has 0 bridgehead atoms. The topological polar surface area (TPSA) is 34.9 Å².